The number of nitrogens with one attached hydrogen (secondary N) is 3. The van der Waals surface area contributed by atoms with Crippen LogP contribution in [0.3, 0.4) is 0 Å². The van der Waals surface area contributed by atoms with E-state index in [-0.39, 0.29) is 17.0 Å². The quantitative estimate of drug-likeness (QED) is 0.491. The van der Waals surface area contributed by atoms with Gasteiger partial charge in [-0.25, -0.2) is 0 Å². The van der Waals surface area contributed by atoms with Gasteiger partial charge in [0.15, 0.2) is 0 Å². The van der Waals surface area contributed by atoms with Gasteiger partial charge in [0.05, 0.1) is 5.70 Å². The molecule has 136 valence electrons. The van der Waals surface area contributed by atoms with Crippen molar-refractivity contribution < 1.29 is 4.79 Å². The summed E-state index contributed by atoms with van der Waals surface area (Å²) in [7, 11) is 1.53. The van der Waals surface area contributed by atoms with Crippen LogP contribution in [0.1, 0.15) is 24.8 Å². The number of benzene rings is 1. The van der Waals surface area contributed by atoms with Gasteiger partial charge in [0, 0.05) is 25.8 Å². The van der Waals surface area contributed by atoms with E-state index in [2.05, 4.69) is 39.8 Å². The minimum absolute atomic E-state index is 0.0405. The van der Waals surface area contributed by atoms with E-state index in [0.29, 0.717) is 5.70 Å². The van der Waals surface area contributed by atoms with Gasteiger partial charge in [0.1, 0.15) is 5.03 Å². The van der Waals surface area contributed by atoms with Gasteiger partial charge in [0.2, 0.25) is 0 Å². The van der Waals surface area contributed by atoms with E-state index in [1.54, 1.807) is 0 Å². The predicted octanol–water partition coefficient (Wildman–Crippen LogP) is 2.52. The minimum Gasteiger partial charge on any atom is -0.378 e. The highest BCUT2D eigenvalue weighted by molar-refractivity contribution is 6.43. The Hall–Kier alpha value is -1.85. The fourth-order valence-electron chi connectivity index (χ4n) is 3.15. The number of carbonyl (C=O) groups is 1. The van der Waals surface area contributed by atoms with Crippen molar-refractivity contribution in [3.8, 4) is 0 Å². The van der Waals surface area contributed by atoms with Gasteiger partial charge in [0.25, 0.3) is 5.91 Å². The van der Waals surface area contributed by atoms with Crippen LogP contribution in [0.2, 0.25) is 0 Å². The molecule has 25 heavy (non-hydrogen) atoms. The van der Waals surface area contributed by atoms with Gasteiger partial charge in [-0.15, -0.1) is 0 Å². The average molecular weight is 363 g/mol. The summed E-state index contributed by atoms with van der Waals surface area (Å²) >= 11 is 6.04. The van der Waals surface area contributed by atoms with Crippen molar-refractivity contribution in [3.63, 3.8) is 0 Å². The standard InChI is InChI=1S/C19H27ClN4O/c1-22-19(25)18(20)17(13-21)23-16-10-6-12-24(14-16)11-5-9-15-7-3-2-4-8-15/h2-4,7-8,13,16,21,23H,5-6,9-12,14H2,1H3,(H,22,25)/b18-17-,21-13?. The number of hydrogen-bond acceptors (Lipinski definition) is 4. The van der Waals surface area contributed by atoms with Crippen molar-refractivity contribution in [1.29, 1.82) is 5.41 Å². The highest BCUT2D eigenvalue weighted by Gasteiger charge is 2.21. The number of aryl methyl sites for hydroxylation is 1. The fraction of sp³-hybridized carbons (Fsp3) is 0.474. The van der Waals surface area contributed by atoms with Crippen LogP contribution < -0.4 is 10.6 Å². The first kappa shape index (κ1) is 19.5. The molecule has 1 unspecified atom stereocenters. The normalized spacial score (nSPS) is 19.0. The second kappa shape index (κ2) is 10.2. The number of hydrogen-bond donors (Lipinski definition) is 3. The Bertz CT molecular complexity index is 603. The Morgan fingerprint density at radius 2 is 2.16 bits per heavy atom. The second-order valence-corrected chi connectivity index (χ2v) is 6.70. The zero-order valence-electron chi connectivity index (χ0n) is 14.7. The molecule has 1 aromatic rings. The van der Waals surface area contributed by atoms with E-state index in [4.69, 9.17) is 17.0 Å². The van der Waals surface area contributed by atoms with Gasteiger partial charge in [-0.3, -0.25) is 4.79 Å². The molecule has 2 rings (SSSR count). The zero-order chi connectivity index (χ0) is 18.1. The van der Waals surface area contributed by atoms with E-state index >= 15 is 0 Å². The first-order chi connectivity index (χ1) is 12.1. The molecule has 0 aromatic heterocycles. The van der Waals surface area contributed by atoms with E-state index in [1.807, 2.05) is 6.07 Å². The number of nitrogens with zero attached hydrogens (tertiary/aromatic N) is 1. The number of carbonyl (C=O) groups excluding carboxylic acids is 1. The van der Waals surface area contributed by atoms with Crippen LogP contribution in [0.5, 0.6) is 0 Å². The molecular weight excluding hydrogens is 336 g/mol. The summed E-state index contributed by atoms with van der Waals surface area (Å²) in [5, 5.41) is 13.3. The molecular formula is C19H27ClN4O. The second-order valence-electron chi connectivity index (χ2n) is 6.32. The first-order valence-corrected chi connectivity index (χ1v) is 9.17. The SMILES string of the molecule is CNC(=O)/C(Cl)=C(\C=N)NC1CCCN(CCCc2ccccc2)C1. The van der Waals surface area contributed by atoms with Crippen LogP contribution in [0.25, 0.3) is 0 Å². The molecule has 6 heteroatoms. The lowest BCUT2D eigenvalue weighted by Gasteiger charge is -2.34. The van der Waals surface area contributed by atoms with Crippen LogP contribution in [0.4, 0.5) is 0 Å². The van der Waals surface area contributed by atoms with Crippen LogP contribution in [-0.2, 0) is 11.2 Å². The maximum absolute atomic E-state index is 11.6. The fourth-order valence-corrected chi connectivity index (χ4v) is 3.35. The molecule has 0 spiro atoms. The third kappa shape index (κ3) is 6.18. The van der Waals surface area contributed by atoms with Crippen LogP contribution >= 0.6 is 11.6 Å². The Morgan fingerprint density at radius 1 is 1.40 bits per heavy atom. The van der Waals surface area contributed by atoms with Crippen molar-refractivity contribution in [2.75, 3.05) is 26.7 Å². The van der Waals surface area contributed by atoms with Gasteiger partial charge in [-0.05, 0) is 44.3 Å². The Morgan fingerprint density at radius 3 is 2.84 bits per heavy atom. The molecule has 1 atom stereocenters. The summed E-state index contributed by atoms with van der Waals surface area (Å²) in [5.74, 6) is -0.372. The van der Waals surface area contributed by atoms with Gasteiger partial charge < -0.3 is 20.9 Å². The summed E-state index contributed by atoms with van der Waals surface area (Å²) < 4.78 is 0. The lowest BCUT2D eigenvalue weighted by atomic mass is 10.0. The minimum atomic E-state index is -0.372. The number of likely N-dealkylation sites (tertiary alicyclic amines) is 1. The first-order valence-electron chi connectivity index (χ1n) is 8.79. The van der Waals surface area contributed by atoms with Crippen molar-refractivity contribution in [3.05, 3.63) is 46.6 Å². The molecule has 0 aliphatic carbocycles. The summed E-state index contributed by atoms with van der Waals surface area (Å²) in [6.07, 6.45) is 5.45. The van der Waals surface area contributed by atoms with Crippen molar-refractivity contribution in [2.24, 2.45) is 0 Å². The molecule has 1 aromatic carbocycles. The maximum atomic E-state index is 11.6. The third-order valence-corrected chi connectivity index (χ3v) is 4.83. The Labute approximate surface area is 154 Å². The highest BCUT2D eigenvalue weighted by Crippen LogP contribution is 2.14. The van der Waals surface area contributed by atoms with Crippen LogP contribution in [0, 0.1) is 5.41 Å². The van der Waals surface area contributed by atoms with E-state index < -0.39 is 0 Å². The summed E-state index contributed by atoms with van der Waals surface area (Å²) in [6.45, 7) is 3.06. The molecule has 1 saturated heterocycles. The molecule has 1 aliphatic rings. The molecule has 1 amide bonds. The number of piperidine rings is 1. The zero-order valence-corrected chi connectivity index (χ0v) is 15.5. The number of allylic oxidation sites excluding steroid dienone is 1. The van der Waals surface area contributed by atoms with Crippen molar-refractivity contribution in [1.82, 2.24) is 15.5 Å². The lowest BCUT2D eigenvalue weighted by Crippen LogP contribution is -2.46. The smallest absolute Gasteiger partial charge is 0.264 e. The molecule has 1 aliphatic heterocycles. The van der Waals surface area contributed by atoms with Crippen molar-refractivity contribution in [2.45, 2.75) is 31.7 Å². The van der Waals surface area contributed by atoms with Gasteiger partial charge in [-0.1, -0.05) is 41.9 Å². The van der Waals surface area contributed by atoms with E-state index in [9.17, 15) is 4.79 Å². The molecule has 0 bridgehead atoms. The number of likely N-dealkylation sites (N-methyl/N-ethyl adjacent to an activating group) is 1. The molecule has 5 nitrogen and oxygen atoms in total. The maximum Gasteiger partial charge on any atom is 0.264 e. The number of halogens is 1. The van der Waals surface area contributed by atoms with Gasteiger partial charge >= 0.3 is 0 Å². The largest absolute Gasteiger partial charge is 0.378 e. The number of amides is 1. The van der Waals surface area contributed by atoms with Crippen LogP contribution in [-0.4, -0.2) is 49.7 Å². The van der Waals surface area contributed by atoms with Crippen molar-refractivity contribution >= 4 is 23.7 Å². The van der Waals surface area contributed by atoms with Crippen LogP contribution in [0.15, 0.2) is 41.1 Å². The Balaban J connectivity index is 1.83. The molecule has 0 saturated carbocycles. The molecule has 3 N–H and O–H groups in total. The summed E-state index contributed by atoms with van der Waals surface area (Å²) in [4.78, 5) is 14.1. The topological polar surface area (TPSA) is 68.2 Å². The Kier molecular flexibility index (Phi) is 7.95. The highest BCUT2D eigenvalue weighted by atomic mass is 35.5. The summed E-state index contributed by atoms with van der Waals surface area (Å²) in [6, 6.07) is 10.8. The van der Waals surface area contributed by atoms with E-state index in [0.717, 1.165) is 51.5 Å². The molecule has 0 radical (unpaired) electrons. The third-order valence-electron chi connectivity index (χ3n) is 4.45. The molecule has 1 heterocycles. The summed E-state index contributed by atoms with van der Waals surface area (Å²) in [5.41, 5.74) is 1.76. The average Bonchev–Trinajstić information content (AvgIpc) is 2.66. The van der Waals surface area contributed by atoms with E-state index in [1.165, 1.54) is 12.6 Å². The number of rotatable bonds is 8. The lowest BCUT2D eigenvalue weighted by molar-refractivity contribution is -0.116. The predicted molar refractivity (Wildman–Crippen MR) is 103 cm³/mol. The molecule has 1 fully saturated rings. The van der Waals surface area contributed by atoms with Gasteiger partial charge in [-0.2, -0.15) is 0 Å². The monoisotopic (exact) mass is 362 g/mol.